The highest BCUT2D eigenvalue weighted by Gasteiger charge is 2.19. The summed E-state index contributed by atoms with van der Waals surface area (Å²) in [5.41, 5.74) is 17.7. The Labute approximate surface area is 175 Å². The molecule has 2 aromatic heterocycles. The standard InChI is InChI=1S/C21H17N7OS/c1-24-18(13-5-6-16-20(19(13)25-2)30-10-26-16)15(8-22)11-3-4-12-14(7-11)17(9-23)27-28-21(12)29/h3-8,10H,9,22-23H2,1H3,(H,28,29)/b15-8-,24-18?. The fourth-order valence-electron chi connectivity index (χ4n) is 3.46. The van der Waals surface area contributed by atoms with Gasteiger partial charge < -0.3 is 11.5 Å². The molecule has 0 unspecified atom stereocenters. The first kappa shape index (κ1) is 19.4. The van der Waals surface area contributed by atoms with E-state index in [0.717, 1.165) is 15.8 Å². The summed E-state index contributed by atoms with van der Waals surface area (Å²) in [6.45, 7) is 7.88. The first-order valence-corrected chi connectivity index (χ1v) is 9.85. The van der Waals surface area contributed by atoms with E-state index in [1.165, 1.54) is 17.5 Å². The number of hydrogen-bond acceptors (Lipinski definition) is 7. The van der Waals surface area contributed by atoms with Crippen molar-refractivity contribution >= 4 is 49.3 Å². The van der Waals surface area contributed by atoms with Gasteiger partial charge in [-0.3, -0.25) is 9.79 Å². The van der Waals surface area contributed by atoms with E-state index in [9.17, 15) is 4.79 Å². The Morgan fingerprint density at radius 3 is 2.87 bits per heavy atom. The topological polar surface area (TPSA) is 127 Å². The van der Waals surface area contributed by atoms with Gasteiger partial charge in [-0.25, -0.2) is 14.9 Å². The molecular weight excluding hydrogens is 398 g/mol. The highest BCUT2D eigenvalue weighted by molar-refractivity contribution is 7.17. The molecule has 0 bridgehead atoms. The van der Waals surface area contributed by atoms with Crippen molar-refractivity contribution in [1.82, 2.24) is 15.2 Å². The van der Waals surface area contributed by atoms with Crippen molar-refractivity contribution < 1.29 is 0 Å². The minimum Gasteiger partial charge on any atom is -0.404 e. The molecule has 0 aliphatic heterocycles. The Morgan fingerprint density at radius 1 is 1.33 bits per heavy atom. The van der Waals surface area contributed by atoms with Crippen LogP contribution in [0.25, 0.3) is 31.4 Å². The van der Waals surface area contributed by atoms with Crippen LogP contribution in [0, 0.1) is 6.57 Å². The van der Waals surface area contributed by atoms with Crippen molar-refractivity contribution in [2.24, 2.45) is 16.5 Å². The van der Waals surface area contributed by atoms with Gasteiger partial charge in [0.15, 0.2) is 0 Å². The monoisotopic (exact) mass is 415 g/mol. The van der Waals surface area contributed by atoms with Crippen molar-refractivity contribution in [1.29, 1.82) is 0 Å². The van der Waals surface area contributed by atoms with E-state index >= 15 is 0 Å². The first-order valence-electron chi connectivity index (χ1n) is 8.97. The number of aliphatic imine (C=N–C) groups is 1. The second kappa shape index (κ2) is 7.87. The molecule has 0 aliphatic carbocycles. The van der Waals surface area contributed by atoms with Gasteiger partial charge in [0.05, 0.1) is 39.1 Å². The lowest BCUT2D eigenvalue weighted by atomic mass is 9.93. The molecule has 9 heteroatoms. The van der Waals surface area contributed by atoms with Crippen molar-refractivity contribution in [3.8, 4) is 0 Å². The molecule has 0 aliphatic rings. The van der Waals surface area contributed by atoms with Crippen LogP contribution >= 0.6 is 11.3 Å². The Hall–Kier alpha value is -3.87. The number of aromatic nitrogens is 3. The Balaban J connectivity index is 1.92. The summed E-state index contributed by atoms with van der Waals surface area (Å²) >= 11 is 1.41. The van der Waals surface area contributed by atoms with E-state index in [0.29, 0.717) is 39.0 Å². The molecule has 4 rings (SSSR count). The number of rotatable bonds is 4. The van der Waals surface area contributed by atoms with E-state index < -0.39 is 0 Å². The highest BCUT2D eigenvalue weighted by atomic mass is 32.1. The highest BCUT2D eigenvalue weighted by Crippen LogP contribution is 2.36. The van der Waals surface area contributed by atoms with Crippen LogP contribution in [0.4, 0.5) is 5.69 Å². The molecule has 0 saturated heterocycles. The van der Waals surface area contributed by atoms with Crippen molar-refractivity contribution in [3.63, 3.8) is 0 Å². The molecule has 8 nitrogen and oxygen atoms in total. The maximum atomic E-state index is 12.1. The smallest absolute Gasteiger partial charge is 0.272 e. The van der Waals surface area contributed by atoms with Crippen LogP contribution in [0.3, 0.4) is 0 Å². The van der Waals surface area contributed by atoms with Gasteiger partial charge in [-0.1, -0.05) is 12.1 Å². The minimum absolute atomic E-state index is 0.178. The molecule has 0 atom stereocenters. The number of hydrogen-bond donors (Lipinski definition) is 3. The van der Waals surface area contributed by atoms with Gasteiger partial charge in [-0.15, -0.1) is 11.3 Å². The average Bonchev–Trinajstić information content (AvgIpc) is 3.26. The van der Waals surface area contributed by atoms with E-state index in [4.69, 9.17) is 18.0 Å². The number of allylic oxidation sites excluding steroid dienone is 1. The minimum atomic E-state index is -0.289. The maximum Gasteiger partial charge on any atom is 0.272 e. The lowest BCUT2D eigenvalue weighted by molar-refractivity contribution is 0.900. The molecule has 2 heterocycles. The first-order chi connectivity index (χ1) is 14.6. The van der Waals surface area contributed by atoms with Gasteiger partial charge in [-0.05, 0) is 23.8 Å². The zero-order valence-electron chi connectivity index (χ0n) is 16.0. The summed E-state index contributed by atoms with van der Waals surface area (Å²) in [6.07, 6.45) is 1.46. The number of nitrogens with two attached hydrogens (primary N) is 2. The van der Waals surface area contributed by atoms with Crippen LogP contribution < -0.4 is 17.0 Å². The van der Waals surface area contributed by atoms with Crippen LogP contribution in [0.15, 0.2) is 51.8 Å². The fourth-order valence-corrected chi connectivity index (χ4v) is 4.24. The molecule has 30 heavy (non-hydrogen) atoms. The van der Waals surface area contributed by atoms with Crippen LogP contribution in [-0.2, 0) is 6.54 Å². The van der Waals surface area contributed by atoms with Crippen molar-refractivity contribution in [3.05, 3.63) is 80.6 Å². The molecule has 5 N–H and O–H groups in total. The zero-order chi connectivity index (χ0) is 21.3. The summed E-state index contributed by atoms with van der Waals surface area (Å²) in [7, 11) is 1.65. The summed E-state index contributed by atoms with van der Waals surface area (Å²) < 4.78 is 0.805. The SMILES string of the molecule is [C-]#[N+]c1c(C(=NC)/C(=C\N)c2ccc3c(=O)[nH]nc(CN)c3c2)ccc2ncsc12. The number of thiazole rings is 1. The van der Waals surface area contributed by atoms with Gasteiger partial charge in [0.2, 0.25) is 5.69 Å². The molecule has 0 radical (unpaired) electrons. The van der Waals surface area contributed by atoms with Crippen molar-refractivity contribution in [2.75, 3.05) is 7.05 Å². The zero-order valence-corrected chi connectivity index (χ0v) is 16.8. The van der Waals surface area contributed by atoms with Gasteiger partial charge in [0.25, 0.3) is 5.56 Å². The number of benzene rings is 2. The number of fused-ring (bicyclic) bond motifs is 2. The normalized spacial score (nSPS) is 12.4. The molecule has 0 spiro atoms. The average molecular weight is 415 g/mol. The third-order valence-corrected chi connectivity index (χ3v) is 5.71. The van der Waals surface area contributed by atoms with Gasteiger partial charge in [-0.2, -0.15) is 5.10 Å². The van der Waals surface area contributed by atoms with E-state index in [2.05, 4.69) is 25.0 Å². The van der Waals surface area contributed by atoms with E-state index in [-0.39, 0.29) is 12.1 Å². The van der Waals surface area contributed by atoms with Crippen LogP contribution in [0.2, 0.25) is 0 Å². The third kappa shape index (κ3) is 3.04. The third-order valence-electron chi connectivity index (χ3n) is 4.86. The fraction of sp³-hybridized carbons (Fsp3) is 0.0952. The maximum absolute atomic E-state index is 12.1. The lowest BCUT2D eigenvalue weighted by Crippen LogP contribution is -2.14. The molecule has 2 aromatic carbocycles. The van der Waals surface area contributed by atoms with Crippen molar-refractivity contribution in [2.45, 2.75) is 6.54 Å². The quantitative estimate of drug-likeness (QED) is 0.349. The summed E-state index contributed by atoms with van der Waals surface area (Å²) in [6, 6.07) is 9.03. The van der Waals surface area contributed by atoms with Gasteiger partial charge >= 0.3 is 0 Å². The molecule has 4 aromatic rings. The second-order valence-corrected chi connectivity index (χ2v) is 7.25. The predicted octanol–water partition coefficient (Wildman–Crippen LogP) is 2.96. The predicted molar refractivity (Wildman–Crippen MR) is 121 cm³/mol. The summed E-state index contributed by atoms with van der Waals surface area (Å²) in [5, 5.41) is 7.64. The number of nitrogens with zero attached hydrogens (tertiary/aromatic N) is 4. The van der Waals surface area contributed by atoms with E-state index in [1.54, 1.807) is 24.7 Å². The number of H-pyrrole nitrogens is 1. The second-order valence-electron chi connectivity index (χ2n) is 6.39. The largest absolute Gasteiger partial charge is 0.404 e. The molecule has 0 amide bonds. The summed E-state index contributed by atoms with van der Waals surface area (Å²) in [4.78, 5) is 24.6. The number of nitrogens with one attached hydrogen (secondary N) is 1. The molecule has 0 saturated carbocycles. The summed E-state index contributed by atoms with van der Waals surface area (Å²) in [5.74, 6) is 0. The molecule has 0 fully saturated rings. The molecular formula is C21H17N7OS. The Bertz CT molecular complexity index is 1440. The Kier molecular flexibility index (Phi) is 5.10. The number of aromatic amines is 1. The van der Waals surface area contributed by atoms with Gasteiger partial charge in [0.1, 0.15) is 0 Å². The van der Waals surface area contributed by atoms with Crippen LogP contribution in [-0.4, -0.2) is 27.9 Å². The molecule has 148 valence electrons. The van der Waals surface area contributed by atoms with Crippen LogP contribution in [0.5, 0.6) is 0 Å². The van der Waals surface area contributed by atoms with Gasteiger partial charge in [0, 0.05) is 36.3 Å². The van der Waals surface area contributed by atoms with Crippen LogP contribution in [0.1, 0.15) is 16.8 Å². The van der Waals surface area contributed by atoms with E-state index in [1.807, 2.05) is 18.2 Å². The lowest BCUT2D eigenvalue weighted by Gasteiger charge is -2.14. The Morgan fingerprint density at radius 2 is 2.17 bits per heavy atom.